The number of amides is 1. The highest BCUT2D eigenvalue weighted by Gasteiger charge is 2.36. The van der Waals surface area contributed by atoms with Crippen LogP contribution < -0.4 is 4.90 Å². The summed E-state index contributed by atoms with van der Waals surface area (Å²) < 4.78 is 44.7. The number of alkyl halides is 3. The van der Waals surface area contributed by atoms with Crippen LogP contribution in [0.3, 0.4) is 0 Å². The van der Waals surface area contributed by atoms with E-state index >= 15 is 0 Å². The number of carbonyl (C=O) groups excluding carboxylic acids is 1. The summed E-state index contributed by atoms with van der Waals surface area (Å²) in [4.78, 5) is 23.1. The van der Waals surface area contributed by atoms with Gasteiger partial charge in [-0.25, -0.2) is 14.8 Å². The van der Waals surface area contributed by atoms with E-state index in [1.165, 1.54) is 25.3 Å². The van der Waals surface area contributed by atoms with Crippen LogP contribution in [0.25, 0.3) is 22.2 Å². The van der Waals surface area contributed by atoms with Gasteiger partial charge in [-0.15, -0.1) is 0 Å². The van der Waals surface area contributed by atoms with Crippen LogP contribution in [0, 0.1) is 0 Å². The monoisotopic (exact) mass is 384 g/mol. The molecular formula is C16H12ClF3N4O2. The topological polar surface area (TPSA) is 71.1 Å². The van der Waals surface area contributed by atoms with E-state index in [0.717, 1.165) is 0 Å². The van der Waals surface area contributed by atoms with Crippen LogP contribution >= 0.6 is 11.6 Å². The Balaban J connectivity index is 2.24. The van der Waals surface area contributed by atoms with E-state index < -0.39 is 17.8 Å². The molecule has 0 saturated heterocycles. The van der Waals surface area contributed by atoms with E-state index in [-0.39, 0.29) is 16.5 Å². The van der Waals surface area contributed by atoms with Gasteiger partial charge in [-0.1, -0.05) is 12.1 Å². The number of rotatable bonds is 2. The highest BCUT2D eigenvalue weighted by molar-refractivity contribution is 6.28. The molecule has 0 atom stereocenters. The van der Waals surface area contributed by atoms with Crippen LogP contribution in [0.2, 0.25) is 5.28 Å². The third-order valence-electron chi connectivity index (χ3n) is 3.82. The first-order valence-electron chi connectivity index (χ1n) is 7.26. The third kappa shape index (κ3) is 3.05. The average Bonchev–Trinajstić information content (AvgIpc) is 3.03. The zero-order chi connectivity index (χ0) is 19.1. The molecule has 0 radical (unpaired) electrons. The second-order valence-corrected chi connectivity index (χ2v) is 5.67. The number of hydrogen-bond donors (Lipinski definition) is 1. The number of halogens is 4. The summed E-state index contributed by atoms with van der Waals surface area (Å²) in [7, 11) is 2.72. The van der Waals surface area contributed by atoms with Crippen molar-refractivity contribution in [1.82, 2.24) is 15.0 Å². The van der Waals surface area contributed by atoms with Crippen molar-refractivity contribution in [2.75, 3.05) is 19.1 Å². The Bertz CT molecular complexity index is 987. The van der Waals surface area contributed by atoms with Gasteiger partial charge in [0, 0.05) is 30.4 Å². The number of anilines is 1. The Morgan fingerprint density at radius 2 is 2.08 bits per heavy atom. The van der Waals surface area contributed by atoms with Crippen molar-refractivity contribution in [3.05, 3.63) is 41.4 Å². The van der Waals surface area contributed by atoms with Gasteiger partial charge < -0.3 is 9.72 Å². The fraction of sp³-hybridized carbons (Fsp3) is 0.188. The van der Waals surface area contributed by atoms with Crippen LogP contribution in [0.4, 0.5) is 23.7 Å². The van der Waals surface area contributed by atoms with E-state index in [9.17, 15) is 18.0 Å². The summed E-state index contributed by atoms with van der Waals surface area (Å²) in [6.45, 7) is 0. The minimum Gasteiger partial charge on any atom is -0.452 e. The van der Waals surface area contributed by atoms with Gasteiger partial charge in [0.25, 0.3) is 0 Å². The van der Waals surface area contributed by atoms with Gasteiger partial charge in [0.05, 0.1) is 24.0 Å². The van der Waals surface area contributed by atoms with Crippen LogP contribution in [-0.2, 0) is 10.9 Å². The second kappa shape index (κ2) is 6.49. The Morgan fingerprint density at radius 3 is 2.73 bits per heavy atom. The Hall–Kier alpha value is -2.81. The Morgan fingerprint density at radius 1 is 1.35 bits per heavy atom. The molecule has 0 bridgehead atoms. The molecule has 0 unspecified atom stereocenters. The van der Waals surface area contributed by atoms with Gasteiger partial charge in [0.1, 0.15) is 5.56 Å². The molecule has 10 heteroatoms. The normalized spacial score (nSPS) is 11.6. The van der Waals surface area contributed by atoms with Gasteiger partial charge in [-0.05, 0) is 17.7 Å². The average molecular weight is 385 g/mol. The van der Waals surface area contributed by atoms with Crippen molar-refractivity contribution in [2.24, 2.45) is 0 Å². The molecule has 2 aromatic heterocycles. The van der Waals surface area contributed by atoms with E-state index in [2.05, 4.69) is 19.7 Å². The third-order valence-corrected chi connectivity index (χ3v) is 4.01. The van der Waals surface area contributed by atoms with Crippen molar-refractivity contribution in [3.63, 3.8) is 0 Å². The molecule has 0 saturated carbocycles. The Labute approximate surface area is 150 Å². The smallest absolute Gasteiger partial charge is 0.419 e. The molecule has 6 nitrogen and oxygen atoms in total. The van der Waals surface area contributed by atoms with Crippen LogP contribution in [0.5, 0.6) is 0 Å². The fourth-order valence-corrected chi connectivity index (χ4v) is 2.76. The summed E-state index contributed by atoms with van der Waals surface area (Å²) >= 11 is 5.71. The largest absolute Gasteiger partial charge is 0.452 e. The molecule has 0 aliphatic heterocycles. The van der Waals surface area contributed by atoms with E-state index in [1.54, 1.807) is 18.2 Å². The predicted molar refractivity (Wildman–Crippen MR) is 90.1 cm³/mol. The summed E-state index contributed by atoms with van der Waals surface area (Å²) in [5.41, 5.74) is -0.263. The summed E-state index contributed by atoms with van der Waals surface area (Å²) in [5.74, 6) is 0. The maximum atomic E-state index is 13.3. The van der Waals surface area contributed by atoms with Gasteiger partial charge in [0.15, 0.2) is 0 Å². The predicted octanol–water partition coefficient (Wildman–Crippen LogP) is 4.50. The zero-order valence-corrected chi connectivity index (χ0v) is 14.3. The summed E-state index contributed by atoms with van der Waals surface area (Å²) in [6.07, 6.45) is -3.24. The van der Waals surface area contributed by atoms with Gasteiger partial charge in [-0.2, -0.15) is 13.2 Å². The molecule has 136 valence electrons. The summed E-state index contributed by atoms with van der Waals surface area (Å²) in [5, 5.41) is 0.142. The number of ether oxygens (including phenoxy) is 1. The lowest BCUT2D eigenvalue weighted by Gasteiger charge is -2.16. The molecule has 3 rings (SSSR count). The van der Waals surface area contributed by atoms with Gasteiger partial charge >= 0.3 is 12.3 Å². The lowest BCUT2D eigenvalue weighted by atomic mass is 10.1. The quantitative estimate of drug-likeness (QED) is 0.660. The summed E-state index contributed by atoms with van der Waals surface area (Å²) in [6, 6.07) is 4.87. The molecule has 0 aliphatic rings. The first kappa shape index (κ1) is 18.0. The van der Waals surface area contributed by atoms with Crippen molar-refractivity contribution in [1.29, 1.82) is 0 Å². The molecule has 3 aromatic rings. The number of carbonyl (C=O) groups is 1. The van der Waals surface area contributed by atoms with Crippen LogP contribution in [0.1, 0.15) is 5.56 Å². The van der Waals surface area contributed by atoms with Crippen molar-refractivity contribution >= 4 is 34.3 Å². The van der Waals surface area contributed by atoms with Gasteiger partial charge in [0.2, 0.25) is 5.28 Å². The lowest BCUT2D eigenvalue weighted by molar-refractivity contribution is -0.137. The minimum atomic E-state index is -4.65. The zero-order valence-electron chi connectivity index (χ0n) is 13.6. The standard InChI is InChI=1S/C16H12ClF3N4O2/c1-24(15(25)26-2)11-5-3-4-8-9(6-21-13(8)11)12-10(16(18,19)20)7-22-14(17)23-12/h3-7,21H,1-2H3. The molecular weight excluding hydrogens is 373 g/mol. The maximum absolute atomic E-state index is 13.3. The number of aromatic amines is 1. The molecule has 0 aliphatic carbocycles. The van der Waals surface area contributed by atoms with E-state index in [1.807, 2.05) is 0 Å². The fourth-order valence-electron chi connectivity index (χ4n) is 2.62. The van der Waals surface area contributed by atoms with E-state index in [4.69, 9.17) is 11.6 Å². The number of nitrogens with zero attached hydrogens (tertiary/aromatic N) is 3. The van der Waals surface area contributed by atoms with Crippen molar-refractivity contribution < 1.29 is 22.7 Å². The SMILES string of the molecule is COC(=O)N(C)c1cccc2c(-c3nc(Cl)ncc3C(F)(F)F)c[nH]c12. The number of fused-ring (bicyclic) bond motifs is 1. The molecule has 1 amide bonds. The van der Waals surface area contributed by atoms with Gasteiger partial charge in [-0.3, -0.25) is 4.90 Å². The number of nitrogens with one attached hydrogen (secondary N) is 1. The number of methoxy groups -OCH3 is 1. The number of H-pyrrole nitrogens is 1. The number of aromatic nitrogens is 3. The first-order valence-corrected chi connectivity index (χ1v) is 7.63. The maximum Gasteiger partial charge on any atom is 0.419 e. The number of benzene rings is 1. The highest BCUT2D eigenvalue weighted by atomic mass is 35.5. The van der Waals surface area contributed by atoms with Crippen molar-refractivity contribution in [2.45, 2.75) is 6.18 Å². The first-order chi connectivity index (χ1) is 12.2. The number of hydrogen-bond acceptors (Lipinski definition) is 4. The highest BCUT2D eigenvalue weighted by Crippen LogP contribution is 2.40. The van der Waals surface area contributed by atoms with Crippen molar-refractivity contribution in [3.8, 4) is 11.3 Å². The molecule has 2 heterocycles. The Kier molecular flexibility index (Phi) is 4.49. The molecule has 1 N–H and O–H groups in total. The molecule has 26 heavy (non-hydrogen) atoms. The number of para-hydroxylation sites is 1. The minimum absolute atomic E-state index is 0.191. The molecule has 0 spiro atoms. The van der Waals surface area contributed by atoms with Crippen LogP contribution in [-0.4, -0.2) is 35.2 Å². The molecule has 0 fully saturated rings. The van der Waals surface area contributed by atoms with Crippen LogP contribution in [0.15, 0.2) is 30.6 Å². The molecule has 1 aromatic carbocycles. The lowest BCUT2D eigenvalue weighted by Crippen LogP contribution is -2.26. The van der Waals surface area contributed by atoms with E-state index in [0.29, 0.717) is 22.8 Å². The second-order valence-electron chi connectivity index (χ2n) is 5.33.